The van der Waals surface area contributed by atoms with Crippen LogP contribution in [0.3, 0.4) is 0 Å². The van der Waals surface area contributed by atoms with Gasteiger partial charge in [0, 0.05) is 81.1 Å². The molecular weight excluding hydrogens is 1090 g/mol. The van der Waals surface area contributed by atoms with Crippen molar-refractivity contribution in [3.8, 4) is 35.4 Å². The molecule has 1 N–H and O–H groups in total. The summed E-state index contributed by atoms with van der Waals surface area (Å²) in [6.07, 6.45) is 16.7. The average molecular weight is 1170 g/mol. The highest BCUT2D eigenvalue weighted by Gasteiger charge is 2.46. The number of anilines is 2. The van der Waals surface area contributed by atoms with E-state index in [0.29, 0.717) is 81.9 Å². The predicted octanol–water partition coefficient (Wildman–Crippen LogP) is 8.68. The molecule has 0 aliphatic carbocycles. The second-order valence-electron chi connectivity index (χ2n) is 25.2. The first kappa shape index (κ1) is 58.1. The summed E-state index contributed by atoms with van der Waals surface area (Å²) in [4.78, 5) is 77.8. The number of fused-ring (bicyclic) bond motifs is 5. The molecule has 21 heteroatoms. The van der Waals surface area contributed by atoms with Crippen LogP contribution in [0.25, 0.3) is 32.9 Å². The van der Waals surface area contributed by atoms with Gasteiger partial charge < -0.3 is 38.5 Å². The summed E-state index contributed by atoms with van der Waals surface area (Å²) in [5.74, 6) is 2.10. The summed E-state index contributed by atoms with van der Waals surface area (Å²) in [6.45, 7) is 13.9. The van der Waals surface area contributed by atoms with E-state index < -0.39 is 35.0 Å². The molecule has 6 saturated heterocycles. The number of hydrogen-bond donors (Lipinski definition) is 1. The first-order valence-electron chi connectivity index (χ1n) is 30.3. The summed E-state index contributed by atoms with van der Waals surface area (Å²) in [5.41, 5.74) is 0.527. The van der Waals surface area contributed by atoms with Gasteiger partial charge in [-0.25, -0.2) is 18.0 Å². The number of nitrogens with zero attached hydrogens (tertiary/aromatic N) is 9. The number of nitrogens with one attached hydrogen (secondary N) is 1. The molecule has 0 radical (unpaired) electrons. The molecule has 3 aromatic carbocycles. The third-order valence-corrected chi connectivity index (χ3v) is 18.6. The van der Waals surface area contributed by atoms with E-state index in [1.54, 1.807) is 30.3 Å². The fraction of sp³-hybridized carbons (Fsp3) is 0.547. The summed E-state index contributed by atoms with van der Waals surface area (Å²) in [7, 11) is 1.49. The van der Waals surface area contributed by atoms with E-state index in [9.17, 15) is 19.2 Å². The molecule has 7 aliphatic heterocycles. The average Bonchev–Trinajstić information content (AvgIpc) is 2.08. The van der Waals surface area contributed by atoms with Crippen LogP contribution in [0.1, 0.15) is 113 Å². The highest BCUT2D eigenvalue weighted by Crippen LogP contribution is 2.42. The number of piperazine rings is 1. The van der Waals surface area contributed by atoms with E-state index >= 15 is 13.2 Å². The second-order valence-corrected chi connectivity index (χ2v) is 25.2. The summed E-state index contributed by atoms with van der Waals surface area (Å²) in [5, 5.41) is 3.50. The highest BCUT2D eigenvalue weighted by molar-refractivity contribution is 6.06. The maximum absolute atomic E-state index is 17.6. The van der Waals surface area contributed by atoms with Crippen LogP contribution in [-0.4, -0.2) is 168 Å². The normalized spacial score (nSPS) is 22.1. The zero-order valence-electron chi connectivity index (χ0n) is 49.0. The molecule has 2 aromatic heterocycles. The molecule has 0 spiro atoms. The van der Waals surface area contributed by atoms with E-state index in [-0.39, 0.29) is 91.1 Å². The Kier molecular flexibility index (Phi) is 16.6. The molecule has 85 heavy (non-hydrogen) atoms. The van der Waals surface area contributed by atoms with Crippen molar-refractivity contribution in [3.05, 3.63) is 76.7 Å². The van der Waals surface area contributed by atoms with Gasteiger partial charge in [0.25, 0.3) is 5.91 Å². The van der Waals surface area contributed by atoms with Crippen LogP contribution in [0.4, 0.5) is 29.5 Å². The van der Waals surface area contributed by atoms with Gasteiger partial charge in [-0.15, -0.1) is 6.42 Å². The quantitative estimate of drug-likeness (QED) is 0.0598. The van der Waals surface area contributed by atoms with Crippen LogP contribution in [0.5, 0.6) is 11.8 Å². The van der Waals surface area contributed by atoms with Crippen molar-refractivity contribution in [2.75, 3.05) is 95.8 Å². The van der Waals surface area contributed by atoms with Crippen LogP contribution in [0.2, 0.25) is 0 Å². The highest BCUT2D eigenvalue weighted by atomic mass is 19.1. The lowest BCUT2D eigenvalue weighted by Gasteiger charge is -2.42. The van der Waals surface area contributed by atoms with Gasteiger partial charge in [-0.2, -0.15) is 9.97 Å². The molecule has 0 saturated carbocycles. The molecule has 2 bridgehead atoms. The topological polar surface area (TPSA) is 175 Å². The van der Waals surface area contributed by atoms with Crippen molar-refractivity contribution in [1.82, 2.24) is 39.9 Å². The lowest BCUT2D eigenvalue weighted by atomic mass is 9.82. The van der Waals surface area contributed by atoms with Gasteiger partial charge in [0.05, 0.1) is 35.3 Å². The first-order valence-corrected chi connectivity index (χ1v) is 30.3. The van der Waals surface area contributed by atoms with Crippen molar-refractivity contribution in [2.45, 2.75) is 122 Å². The van der Waals surface area contributed by atoms with E-state index in [0.717, 1.165) is 84.3 Å². The van der Waals surface area contributed by atoms with Crippen molar-refractivity contribution in [1.29, 1.82) is 0 Å². The molecule has 7 aliphatic rings. The number of carbonyl (C=O) groups is 4. The Hall–Kier alpha value is -7.28. The Labute approximate surface area is 493 Å². The molecule has 12 rings (SSSR count). The number of carbonyl (C=O) groups excluding carboxylic acids is 4. The molecule has 6 fully saturated rings. The molecule has 4 amide bonds. The number of methoxy groups -OCH3 is 1. The SMILES string of the molecule is C#Cc1c(F)ccc2cc(OCOC)cc(-c3ncc4c(N5CC6CCC(C5)N6C(=O)OC(C)(C)C)nc(OCCN5CCC(CC6CCN(CC7CCN(c8ccc9c(c8F)CN(C8CCC(=O)NC8=O)C9=O)CC7)CC6)CC5)nc4c3F)c12. The van der Waals surface area contributed by atoms with E-state index in [1.165, 1.54) is 43.5 Å². The largest absolute Gasteiger partial charge is 0.468 e. The number of ether oxygens (including phenoxy) is 4. The second kappa shape index (κ2) is 24.2. The van der Waals surface area contributed by atoms with Crippen LogP contribution in [0, 0.1) is 47.5 Å². The lowest BCUT2D eigenvalue weighted by Crippen LogP contribution is -2.57. The minimum Gasteiger partial charge on any atom is -0.468 e. The smallest absolute Gasteiger partial charge is 0.410 e. The molecule has 3 atom stereocenters. The number of aromatic nitrogens is 3. The fourth-order valence-electron chi connectivity index (χ4n) is 14.3. The van der Waals surface area contributed by atoms with Gasteiger partial charge >= 0.3 is 12.1 Å². The van der Waals surface area contributed by atoms with Crippen molar-refractivity contribution < 1.29 is 51.3 Å². The number of amides is 4. The number of rotatable bonds is 15. The standard InChI is InChI=1S/C64H75F3N10O8/c1-6-45-50(65)11-7-41-30-44(84-37-82-5)31-47(54(41)45)57-56(67)58-48(32-68-57)59(75-34-42-8-9-43(35-75)77(42)63(81)85-64(2,3)4)71-62(70-58)83-28-27-72-21-15-38(16-22-72)29-39-17-23-73(24-18-39)33-40-19-25-74(26-20-40)51-12-10-46-49(55(51)66)36-76(61(46)80)52-13-14-53(78)69-60(52)79/h1,7,10-12,30-32,38-40,42-43,52H,8-9,13-29,33-37H2,2-5H3,(H,69,78,79). The predicted molar refractivity (Wildman–Crippen MR) is 314 cm³/mol. The Bertz CT molecular complexity index is 3430. The van der Waals surface area contributed by atoms with Crippen molar-refractivity contribution in [3.63, 3.8) is 0 Å². The Morgan fingerprint density at radius 2 is 1.51 bits per heavy atom. The van der Waals surface area contributed by atoms with Gasteiger partial charge in [-0.05, 0) is 165 Å². The number of pyridine rings is 1. The summed E-state index contributed by atoms with van der Waals surface area (Å²) >= 11 is 0. The van der Waals surface area contributed by atoms with E-state index in [2.05, 4.69) is 35.8 Å². The fourth-order valence-corrected chi connectivity index (χ4v) is 14.3. The van der Waals surface area contributed by atoms with Crippen LogP contribution in [-0.2, 0) is 25.6 Å². The molecule has 18 nitrogen and oxygen atoms in total. The maximum Gasteiger partial charge on any atom is 0.410 e. The van der Waals surface area contributed by atoms with Crippen LogP contribution >= 0.6 is 0 Å². The van der Waals surface area contributed by atoms with Crippen molar-refractivity contribution >= 4 is 57.0 Å². The zero-order chi connectivity index (χ0) is 59.3. The summed E-state index contributed by atoms with van der Waals surface area (Å²) < 4.78 is 72.2. The monoisotopic (exact) mass is 1170 g/mol. The van der Waals surface area contributed by atoms with Crippen LogP contribution in [0.15, 0.2) is 42.6 Å². The van der Waals surface area contributed by atoms with Gasteiger partial charge in [-0.1, -0.05) is 12.0 Å². The van der Waals surface area contributed by atoms with E-state index in [1.807, 2.05) is 25.7 Å². The third kappa shape index (κ3) is 12.0. The third-order valence-electron chi connectivity index (χ3n) is 18.6. The van der Waals surface area contributed by atoms with Gasteiger partial charge in [-0.3, -0.25) is 34.5 Å². The minimum absolute atomic E-state index is 0.0114. The Morgan fingerprint density at radius 1 is 0.800 bits per heavy atom. The molecule has 450 valence electrons. The molecule has 5 aromatic rings. The first-order chi connectivity index (χ1) is 41.0. The maximum atomic E-state index is 17.6. The molecule has 3 unspecified atom stereocenters. The Morgan fingerprint density at radius 3 is 2.19 bits per heavy atom. The minimum atomic E-state index is -0.781. The van der Waals surface area contributed by atoms with Crippen LogP contribution < -0.4 is 24.6 Å². The summed E-state index contributed by atoms with van der Waals surface area (Å²) in [6, 6.07) is 8.41. The number of halogens is 3. The molecular formula is C64H75F3N10O8. The number of benzene rings is 3. The number of piperidine rings is 4. The lowest BCUT2D eigenvalue weighted by molar-refractivity contribution is -0.136. The Balaban J connectivity index is 0.653. The van der Waals surface area contributed by atoms with E-state index in [4.69, 9.17) is 35.3 Å². The van der Waals surface area contributed by atoms with Gasteiger partial charge in [0.15, 0.2) is 18.4 Å². The van der Waals surface area contributed by atoms with Gasteiger partial charge in [0.1, 0.15) is 46.8 Å². The number of terminal acetylenes is 1. The number of imide groups is 1. The van der Waals surface area contributed by atoms with Crippen molar-refractivity contribution in [2.24, 2.45) is 17.8 Å². The number of likely N-dealkylation sites (tertiary alicyclic amines) is 2. The zero-order valence-corrected chi connectivity index (χ0v) is 49.0. The van der Waals surface area contributed by atoms with Gasteiger partial charge in [0.2, 0.25) is 11.8 Å². The number of hydrogen-bond acceptors (Lipinski definition) is 15. The molecule has 9 heterocycles.